The van der Waals surface area contributed by atoms with Crippen LogP contribution in [0, 0.1) is 11.6 Å². The molecule has 1 aliphatic heterocycles. The van der Waals surface area contributed by atoms with Crippen LogP contribution in [0.1, 0.15) is 34.3 Å². The maximum atomic E-state index is 13.6. The lowest BCUT2D eigenvalue weighted by Gasteiger charge is -2.30. The molecule has 0 saturated heterocycles. The largest absolute Gasteiger partial charge is 0.330 e. The van der Waals surface area contributed by atoms with Crippen molar-refractivity contribution in [3.63, 3.8) is 0 Å². The van der Waals surface area contributed by atoms with Crippen LogP contribution in [0.5, 0.6) is 0 Å². The SMILES string of the molecule is CNC[C@@H](NC(=O)N1CCc2cnc(Cc3ccc(F)cc3)nc2C1)c1ccc(F)c(Cl)c1. The first-order valence-electron chi connectivity index (χ1n) is 10.7. The van der Waals surface area contributed by atoms with E-state index in [2.05, 4.69) is 20.6 Å². The number of amides is 2. The first-order chi connectivity index (χ1) is 15.9. The second kappa shape index (κ2) is 10.2. The molecule has 0 fully saturated rings. The number of benzene rings is 2. The summed E-state index contributed by atoms with van der Waals surface area (Å²) in [5, 5.41) is 6.06. The summed E-state index contributed by atoms with van der Waals surface area (Å²) < 4.78 is 26.7. The second-order valence-electron chi connectivity index (χ2n) is 7.97. The predicted octanol–water partition coefficient (Wildman–Crippen LogP) is 4.03. The standard InChI is InChI=1S/C24H24ClF2N5O/c1-28-13-21(16-4-7-20(27)19(25)11-16)31-24(33)32-9-8-17-12-29-23(30-22(17)14-32)10-15-2-5-18(26)6-3-15/h2-7,11-12,21,28H,8-10,13-14H2,1H3,(H,31,33)/t21-/m1/s1. The van der Waals surface area contributed by atoms with E-state index in [1.165, 1.54) is 24.3 Å². The van der Waals surface area contributed by atoms with Gasteiger partial charge in [-0.15, -0.1) is 0 Å². The van der Waals surface area contributed by atoms with Gasteiger partial charge < -0.3 is 15.5 Å². The maximum absolute atomic E-state index is 13.6. The number of fused-ring (bicyclic) bond motifs is 1. The molecule has 3 aromatic rings. The van der Waals surface area contributed by atoms with Crippen LogP contribution in [0.4, 0.5) is 13.6 Å². The minimum atomic E-state index is -0.501. The van der Waals surface area contributed by atoms with Crippen LogP contribution in [0.25, 0.3) is 0 Å². The van der Waals surface area contributed by atoms with E-state index in [1.54, 1.807) is 36.3 Å². The Balaban J connectivity index is 1.45. The molecule has 1 aromatic heterocycles. The minimum absolute atomic E-state index is 0.0140. The highest BCUT2D eigenvalue weighted by Crippen LogP contribution is 2.22. The van der Waals surface area contributed by atoms with E-state index in [1.807, 2.05) is 0 Å². The first-order valence-corrected chi connectivity index (χ1v) is 11.0. The Kier molecular flexibility index (Phi) is 7.15. The van der Waals surface area contributed by atoms with E-state index < -0.39 is 5.82 Å². The average molecular weight is 472 g/mol. The van der Waals surface area contributed by atoms with Gasteiger partial charge in [-0.05, 0) is 54.4 Å². The number of likely N-dealkylation sites (N-methyl/N-ethyl adjacent to an activating group) is 1. The molecule has 9 heteroatoms. The van der Waals surface area contributed by atoms with Gasteiger partial charge in [-0.1, -0.05) is 29.8 Å². The van der Waals surface area contributed by atoms with Gasteiger partial charge >= 0.3 is 6.03 Å². The lowest BCUT2D eigenvalue weighted by Crippen LogP contribution is -2.46. The number of rotatable bonds is 6. The molecule has 6 nitrogen and oxygen atoms in total. The van der Waals surface area contributed by atoms with Crippen LogP contribution < -0.4 is 10.6 Å². The van der Waals surface area contributed by atoms with Crippen molar-refractivity contribution >= 4 is 17.6 Å². The fourth-order valence-corrected chi connectivity index (χ4v) is 4.00. The van der Waals surface area contributed by atoms with E-state index in [-0.39, 0.29) is 22.9 Å². The van der Waals surface area contributed by atoms with Crippen LogP contribution >= 0.6 is 11.6 Å². The van der Waals surface area contributed by atoms with E-state index in [9.17, 15) is 13.6 Å². The van der Waals surface area contributed by atoms with Gasteiger partial charge in [0.1, 0.15) is 17.5 Å². The van der Waals surface area contributed by atoms with Gasteiger partial charge in [-0.3, -0.25) is 0 Å². The Labute approximate surface area is 196 Å². The van der Waals surface area contributed by atoms with Crippen molar-refractivity contribution in [3.8, 4) is 0 Å². The molecule has 2 heterocycles. The normalized spacial score (nSPS) is 14.0. The summed E-state index contributed by atoms with van der Waals surface area (Å²) in [6.07, 6.45) is 2.94. The molecule has 0 unspecified atom stereocenters. The maximum Gasteiger partial charge on any atom is 0.318 e. The number of nitrogens with one attached hydrogen (secondary N) is 2. The molecule has 2 amide bonds. The summed E-state index contributed by atoms with van der Waals surface area (Å²) in [7, 11) is 1.78. The minimum Gasteiger partial charge on any atom is -0.330 e. The summed E-state index contributed by atoms with van der Waals surface area (Å²) in [6, 6.07) is 10.1. The van der Waals surface area contributed by atoms with Gasteiger partial charge in [0.25, 0.3) is 0 Å². The Morgan fingerprint density at radius 3 is 2.73 bits per heavy atom. The summed E-state index contributed by atoms with van der Waals surface area (Å²) in [4.78, 5) is 23.8. The lowest BCUT2D eigenvalue weighted by molar-refractivity contribution is 0.187. The number of halogens is 3. The topological polar surface area (TPSA) is 70.2 Å². The number of aromatic nitrogens is 2. The van der Waals surface area contributed by atoms with Crippen LogP contribution in [-0.4, -0.2) is 41.0 Å². The van der Waals surface area contributed by atoms with E-state index in [4.69, 9.17) is 11.6 Å². The van der Waals surface area contributed by atoms with Crippen LogP contribution in [0.2, 0.25) is 5.02 Å². The van der Waals surface area contributed by atoms with E-state index in [0.29, 0.717) is 43.9 Å². The zero-order valence-corrected chi connectivity index (χ0v) is 18.9. The quantitative estimate of drug-likeness (QED) is 0.569. The van der Waals surface area contributed by atoms with Gasteiger partial charge in [0.2, 0.25) is 0 Å². The molecule has 2 aromatic carbocycles. The van der Waals surface area contributed by atoms with Crippen molar-refractivity contribution in [1.82, 2.24) is 25.5 Å². The molecular formula is C24H24ClF2N5O. The molecule has 0 radical (unpaired) electrons. The van der Waals surface area contributed by atoms with E-state index >= 15 is 0 Å². The van der Waals surface area contributed by atoms with Gasteiger partial charge in [0.05, 0.1) is 23.3 Å². The summed E-state index contributed by atoms with van der Waals surface area (Å²) in [6.45, 7) is 1.36. The van der Waals surface area contributed by atoms with Crippen LogP contribution in [0.15, 0.2) is 48.7 Å². The third-order valence-corrected chi connectivity index (χ3v) is 5.90. The van der Waals surface area contributed by atoms with Crippen molar-refractivity contribution in [2.24, 2.45) is 0 Å². The van der Waals surface area contributed by atoms with Gasteiger partial charge in [0.15, 0.2) is 0 Å². The van der Waals surface area contributed by atoms with Crippen molar-refractivity contribution in [2.45, 2.75) is 25.4 Å². The number of hydrogen-bond acceptors (Lipinski definition) is 4. The highest BCUT2D eigenvalue weighted by atomic mass is 35.5. The van der Waals surface area contributed by atoms with Crippen molar-refractivity contribution in [3.05, 3.63) is 93.5 Å². The number of carbonyl (C=O) groups is 1. The zero-order valence-electron chi connectivity index (χ0n) is 18.1. The Morgan fingerprint density at radius 1 is 1.21 bits per heavy atom. The number of urea groups is 1. The fourth-order valence-electron chi connectivity index (χ4n) is 3.81. The molecular weight excluding hydrogens is 448 g/mol. The molecule has 1 aliphatic rings. The average Bonchev–Trinajstić information content (AvgIpc) is 2.81. The summed E-state index contributed by atoms with van der Waals surface area (Å²) >= 11 is 5.93. The molecule has 0 saturated carbocycles. The van der Waals surface area contributed by atoms with E-state index in [0.717, 1.165) is 16.8 Å². The van der Waals surface area contributed by atoms with Crippen molar-refractivity contribution in [2.75, 3.05) is 20.1 Å². The molecule has 1 atom stereocenters. The molecule has 172 valence electrons. The van der Waals surface area contributed by atoms with Crippen LogP contribution in [0.3, 0.4) is 0 Å². The Morgan fingerprint density at radius 2 is 2.00 bits per heavy atom. The second-order valence-corrected chi connectivity index (χ2v) is 8.37. The smallest absolute Gasteiger partial charge is 0.318 e. The molecule has 2 N–H and O–H groups in total. The predicted molar refractivity (Wildman–Crippen MR) is 122 cm³/mol. The molecule has 0 aliphatic carbocycles. The third-order valence-electron chi connectivity index (χ3n) is 5.61. The number of hydrogen-bond donors (Lipinski definition) is 2. The fraction of sp³-hybridized carbons (Fsp3) is 0.292. The van der Waals surface area contributed by atoms with Gasteiger partial charge in [-0.2, -0.15) is 0 Å². The summed E-state index contributed by atoms with van der Waals surface area (Å²) in [5.74, 6) is -0.165. The Hall–Kier alpha value is -3.10. The highest BCUT2D eigenvalue weighted by Gasteiger charge is 2.25. The Bertz CT molecular complexity index is 1140. The molecule has 4 rings (SSSR count). The molecule has 0 spiro atoms. The molecule has 33 heavy (non-hydrogen) atoms. The number of carbonyl (C=O) groups excluding carboxylic acids is 1. The number of nitrogens with zero attached hydrogens (tertiary/aromatic N) is 3. The first kappa shape index (κ1) is 23.1. The monoisotopic (exact) mass is 471 g/mol. The molecule has 0 bridgehead atoms. The summed E-state index contributed by atoms with van der Waals surface area (Å²) in [5.41, 5.74) is 3.44. The van der Waals surface area contributed by atoms with Gasteiger partial charge in [0, 0.05) is 25.7 Å². The zero-order chi connectivity index (χ0) is 23.4. The highest BCUT2D eigenvalue weighted by molar-refractivity contribution is 6.30. The van der Waals surface area contributed by atoms with Crippen molar-refractivity contribution in [1.29, 1.82) is 0 Å². The third kappa shape index (κ3) is 5.64. The van der Waals surface area contributed by atoms with Gasteiger partial charge in [-0.25, -0.2) is 23.5 Å². The lowest BCUT2D eigenvalue weighted by atomic mass is 10.1. The van der Waals surface area contributed by atoms with Crippen molar-refractivity contribution < 1.29 is 13.6 Å². The van der Waals surface area contributed by atoms with Crippen LogP contribution in [-0.2, 0) is 19.4 Å².